The average Bonchev–Trinajstić information content (AvgIpc) is 3.47. The number of rotatable bonds is 2. The van der Waals surface area contributed by atoms with Crippen molar-refractivity contribution in [1.29, 1.82) is 0 Å². The van der Waals surface area contributed by atoms with E-state index in [1.165, 1.54) is 24.3 Å². The molecule has 0 saturated carbocycles. The van der Waals surface area contributed by atoms with E-state index >= 15 is 0 Å². The van der Waals surface area contributed by atoms with Crippen molar-refractivity contribution >= 4 is 46.4 Å². The van der Waals surface area contributed by atoms with E-state index in [1.807, 2.05) is 11.8 Å². The molecule has 6 rings (SSSR count). The van der Waals surface area contributed by atoms with Gasteiger partial charge >= 0.3 is 0 Å². The van der Waals surface area contributed by atoms with Crippen molar-refractivity contribution in [2.75, 3.05) is 16.8 Å². The third-order valence-electron chi connectivity index (χ3n) is 7.56. The lowest BCUT2D eigenvalue weighted by molar-refractivity contribution is -0.384. The van der Waals surface area contributed by atoms with E-state index in [9.17, 15) is 24.5 Å². The second kappa shape index (κ2) is 6.61. The highest BCUT2D eigenvalue weighted by Gasteiger charge is 2.74. The molecule has 4 atom stereocenters. The van der Waals surface area contributed by atoms with Crippen LogP contribution in [-0.4, -0.2) is 40.1 Å². The first kappa shape index (κ1) is 20.3. The molecule has 4 aliphatic rings. The first-order valence-corrected chi connectivity index (χ1v) is 11.2. The third-order valence-corrected chi connectivity index (χ3v) is 7.78. The Labute approximate surface area is 193 Å². The number of hydrogen-bond acceptors (Lipinski definition) is 6. The van der Waals surface area contributed by atoms with Crippen LogP contribution in [0.5, 0.6) is 0 Å². The summed E-state index contributed by atoms with van der Waals surface area (Å²) in [5.41, 5.74) is 0.639. The monoisotopic (exact) mass is 466 g/mol. The van der Waals surface area contributed by atoms with E-state index in [2.05, 4.69) is 5.32 Å². The number of benzene rings is 2. The Morgan fingerprint density at radius 2 is 1.97 bits per heavy atom. The van der Waals surface area contributed by atoms with Gasteiger partial charge in [0.1, 0.15) is 5.54 Å². The highest BCUT2D eigenvalue weighted by molar-refractivity contribution is 6.31. The quantitative estimate of drug-likeness (QED) is 0.413. The average molecular weight is 467 g/mol. The Bertz CT molecular complexity index is 1300. The predicted octanol–water partition coefficient (Wildman–Crippen LogP) is 2.99. The maximum atomic E-state index is 13.9. The maximum Gasteiger partial charge on any atom is 0.271 e. The molecule has 3 amide bonds. The second-order valence-electron chi connectivity index (χ2n) is 9.06. The number of nitro groups is 1. The van der Waals surface area contributed by atoms with Crippen LogP contribution in [0.1, 0.15) is 24.0 Å². The Hall–Kier alpha value is -3.30. The lowest BCUT2D eigenvalue weighted by Gasteiger charge is -2.36. The number of imide groups is 1. The van der Waals surface area contributed by atoms with Crippen LogP contribution < -0.4 is 10.2 Å². The van der Waals surface area contributed by atoms with Gasteiger partial charge in [-0.05, 0) is 50.1 Å². The van der Waals surface area contributed by atoms with E-state index in [0.717, 1.165) is 16.9 Å². The first-order valence-electron chi connectivity index (χ1n) is 10.8. The second-order valence-corrected chi connectivity index (χ2v) is 9.50. The van der Waals surface area contributed by atoms with E-state index < -0.39 is 34.1 Å². The molecular formula is C23H19ClN4O5. The Balaban J connectivity index is 1.55. The van der Waals surface area contributed by atoms with Gasteiger partial charge in [0.15, 0.2) is 0 Å². The zero-order chi connectivity index (χ0) is 23.2. The minimum absolute atomic E-state index is 0.147. The molecule has 4 aliphatic heterocycles. The van der Waals surface area contributed by atoms with Crippen LogP contribution in [0.4, 0.5) is 17.1 Å². The topological polar surface area (TPSA) is 113 Å². The van der Waals surface area contributed by atoms with Crippen molar-refractivity contribution in [3.8, 4) is 0 Å². The Morgan fingerprint density at radius 3 is 2.73 bits per heavy atom. The fourth-order valence-electron chi connectivity index (χ4n) is 6.44. The molecule has 9 nitrogen and oxygen atoms in total. The van der Waals surface area contributed by atoms with E-state index in [-0.39, 0.29) is 23.3 Å². The standard InChI is InChI=1S/C23H19ClN4O5/c1-11-8-12(24)9-15-19(11)25-22(31)23(15)18-17(16-6-3-7-26(16)23)20(29)27(21(18)30)13-4-2-5-14(10-13)28(32)33/h2,4-5,8-10,16-18H,3,6-7H2,1H3,(H,25,31)/t16-,17+,18-,23-/m0/s1. The number of hydrogen-bond donors (Lipinski definition) is 1. The van der Waals surface area contributed by atoms with Crippen LogP contribution in [0.2, 0.25) is 5.02 Å². The molecule has 10 heteroatoms. The van der Waals surface area contributed by atoms with Gasteiger partial charge in [0, 0.05) is 34.4 Å². The smallest absolute Gasteiger partial charge is 0.271 e. The Kier molecular flexibility index (Phi) is 4.07. The molecule has 3 saturated heterocycles. The van der Waals surface area contributed by atoms with Gasteiger partial charge < -0.3 is 5.32 Å². The van der Waals surface area contributed by atoms with Crippen molar-refractivity contribution in [3.05, 3.63) is 62.7 Å². The number of carbonyl (C=O) groups excluding carboxylic acids is 3. The predicted molar refractivity (Wildman–Crippen MR) is 119 cm³/mol. The zero-order valence-corrected chi connectivity index (χ0v) is 18.3. The fourth-order valence-corrected chi connectivity index (χ4v) is 6.71. The summed E-state index contributed by atoms with van der Waals surface area (Å²) in [7, 11) is 0. The fraction of sp³-hybridized carbons (Fsp3) is 0.348. The molecule has 0 unspecified atom stereocenters. The summed E-state index contributed by atoms with van der Waals surface area (Å²) in [4.78, 5) is 55.0. The number of halogens is 1. The largest absolute Gasteiger partial charge is 0.324 e. The third kappa shape index (κ3) is 2.38. The van der Waals surface area contributed by atoms with Crippen LogP contribution in [0.15, 0.2) is 36.4 Å². The minimum atomic E-state index is -1.33. The van der Waals surface area contributed by atoms with Gasteiger partial charge in [-0.1, -0.05) is 17.7 Å². The number of carbonyl (C=O) groups is 3. The van der Waals surface area contributed by atoms with Crippen LogP contribution in [0.3, 0.4) is 0 Å². The number of aryl methyl sites for hydroxylation is 1. The lowest BCUT2D eigenvalue weighted by Crippen LogP contribution is -2.54. The number of non-ortho nitro benzene ring substituents is 1. The maximum absolute atomic E-state index is 13.9. The van der Waals surface area contributed by atoms with Crippen molar-refractivity contribution in [1.82, 2.24) is 4.90 Å². The molecule has 3 fully saturated rings. The van der Waals surface area contributed by atoms with Gasteiger partial charge in [-0.3, -0.25) is 29.4 Å². The van der Waals surface area contributed by atoms with E-state index in [4.69, 9.17) is 11.6 Å². The van der Waals surface area contributed by atoms with Crippen LogP contribution >= 0.6 is 11.6 Å². The van der Waals surface area contributed by atoms with Gasteiger partial charge in [0.25, 0.3) is 5.69 Å². The van der Waals surface area contributed by atoms with Crippen LogP contribution in [-0.2, 0) is 19.9 Å². The van der Waals surface area contributed by atoms with Gasteiger partial charge in [-0.2, -0.15) is 0 Å². The number of fused-ring (bicyclic) bond motifs is 7. The first-order chi connectivity index (χ1) is 15.8. The Morgan fingerprint density at radius 1 is 1.18 bits per heavy atom. The van der Waals surface area contributed by atoms with E-state index in [1.54, 1.807) is 12.1 Å². The molecule has 0 radical (unpaired) electrons. The zero-order valence-electron chi connectivity index (χ0n) is 17.6. The summed E-state index contributed by atoms with van der Waals surface area (Å²) in [6.45, 7) is 2.43. The molecule has 0 aliphatic carbocycles. The van der Waals surface area contributed by atoms with Crippen molar-refractivity contribution in [2.24, 2.45) is 11.8 Å². The lowest BCUT2D eigenvalue weighted by atomic mass is 9.75. The molecule has 4 heterocycles. The summed E-state index contributed by atoms with van der Waals surface area (Å²) < 4.78 is 0. The summed E-state index contributed by atoms with van der Waals surface area (Å²) in [5, 5.41) is 14.7. The molecule has 0 aromatic heterocycles. The number of nitrogens with zero attached hydrogens (tertiary/aromatic N) is 3. The molecule has 0 bridgehead atoms. The van der Waals surface area contributed by atoms with E-state index in [0.29, 0.717) is 29.2 Å². The number of anilines is 2. The highest BCUT2D eigenvalue weighted by atomic mass is 35.5. The molecular weight excluding hydrogens is 448 g/mol. The number of amides is 3. The summed E-state index contributed by atoms with van der Waals surface area (Å²) in [5.74, 6) is -2.91. The van der Waals surface area contributed by atoms with Gasteiger partial charge in [0.2, 0.25) is 17.7 Å². The number of nitro benzene ring substituents is 1. The van der Waals surface area contributed by atoms with Gasteiger partial charge in [-0.15, -0.1) is 0 Å². The van der Waals surface area contributed by atoms with Crippen LogP contribution in [0.25, 0.3) is 0 Å². The highest BCUT2D eigenvalue weighted by Crippen LogP contribution is 2.61. The van der Waals surface area contributed by atoms with Gasteiger partial charge in [0.05, 0.1) is 22.4 Å². The molecule has 33 heavy (non-hydrogen) atoms. The molecule has 1 N–H and O–H groups in total. The summed E-state index contributed by atoms with van der Waals surface area (Å²) in [6.07, 6.45) is 1.49. The van der Waals surface area contributed by atoms with Crippen molar-refractivity contribution in [3.63, 3.8) is 0 Å². The van der Waals surface area contributed by atoms with Gasteiger partial charge in [-0.25, -0.2) is 4.90 Å². The van der Waals surface area contributed by atoms with Crippen molar-refractivity contribution in [2.45, 2.75) is 31.3 Å². The SMILES string of the molecule is Cc1cc(Cl)cc2c1NC(=O)[C@@]21[C@@H]2C(=O)N(c3cccc([N+](=O)[O-])c3)C(=O)[C@@H]2[C@@H]2CCCN21. The molecule has 2 aromatic carbocycles. The normalized spacial score (nSPS) is 30.1. The molecule has 1 spiro atoms. The molecule has 168 valence electrons. The summed E-state index contributed by atoms with van der Waals surface area (Å²) in [6, 6.07) is 8.68. The minimum Gasteiger partial charge on any atom is -0.324 e. The molecule has 2 aromatic rings. The van der Waals surface area contributed by atoms with Crippen molar-refractivity contribution < 1.29 is 19.3 Å². The van der Waals surface area contributed by atoms with Crippen LogP contribution in [0, 0.1) is 28.9 Å². The number of nitrogens with one attached hydrogen (secondary N) is 1. The summed E-state index contributed by atoms with van der Waals surface area (Å²) >= 11 is 6.38.